The van der Waals surface area contributed by atoms with Crippen molar-refractivity contribution in [3.8, 4) is 11.1 Å². The van der Waals surface area contributed by atoms with Gasteiger partial charge < -0.3 is 10.4 Å². The average Bonchev–Trinajstić information content (AvgIpc) is 3.14. The van der Waals surface area contributed by atoms with Crippen LogP contribution >= 0.6 is 23.1 Å². The van der Waals surface area contributed by atoms with E-state index in [2.05, 4.69) is 10.5 Å². The molecule has 0 fully saturated rings. The molecule has 0 radical (unpaired) electrons. The molecule has 0 bridgehead atoms. The molecule has 0 aliphatic heterocycles. The number of halogens is 2. The van der Waals surface area contributed by atoms with Gasteiger partial charge in [0.15, 0.2) is 11.6 Å². The highest BCUT2D eigenvalue weighted by Gasteiger charge is 2.27. The first kappa shape index (κ1) is 21.6. The summed E-state index contributed by atoms with van der Waals surface area (Å²) in [4.78, 5) is 36.1. The van der Waals surface area contributed by atoms with Crippen molar-refractivity contribution in [1.82, 2.24) is 0 Å². The van der Waals surface area contributed by atoms with Crippen molar-refractivity contribution in [3.05, 3.63) is 75.5 Å². The lowest BCUT2D eigenvalue weighted by atomic mass is 10.0. The number of rotatable bonds is 7. The van der Waals surface area contributed by atoms with E-state index in [0.717, 1.165) is 23.1 Å². The Morgan fingerprint density at radius 2 is 1.80 bits per heavy atom. The number of carboxylic acid groups (broad SMARTS) is 1. The number of carbonyl (C=O) groups excluding carboxylic acids is 1. The normalized spacial score (nSPS) is 11.7. The zero-order chi connectivity index (χ0) is 21.8. The van der Waals surface area contributed by atoms with E-state index in [1.54, 1.807) is 30.3 Å². The van der Waals surface area contributed by atoms with Crippen LogP contribution in [0, 0.1) is 23.5 Å². The fourth-order valence-electron chi connectivity index (χ4n) is 2.64. The number of nitrogens with one attached hydrogen (secondary N) is 1. The minimum Gasteiger partial charge on any atom is -0.478 e. The van der Waals surface area contributed by atoms with E-state index in [1.165, 1.54) is 24.4 Å². The molecule has 0 saturated carbocycles. The molecule has 1 heterocycles. The Morgan fingerprint density at radius 1 is 1.10 bits per heavy atom. The van der Waals surface area contributed by atoms with E-state index in [0.29, 0.717) is 4.90 Å². The van der Waals surface area contributed by atoms with Crippen LogP contribution in [0.5, 0.6) is 0 Å². The van der Waals surface area contributed by atoms with E-state index in [1.807, 2.05) is 0 Å². The van der Waals surface area contributed by atoms with Crippen molar-refractivity contribution in [2.75, 3.05) is 5.32 Å². The Balaban J connectivity index is 1.92. The number of aryl methyl sites for hydroxylation is 1. The maximum absolute atomic E-state index is 14.4. The highest BCUT2D eigenvalue weighted by molar-refractivity contribution is 8.00. The van der Waals surface area contributed by atoms with Gasteiger partial charge in [-0.25, -0.2) is 13.6 Å². The Morgan fingerprint density at radius 3 is 2.43 bits per heavy atom. The van der Waals surface area contributed by atoms with Crippen LogP contribution in [0.15, 0.2) is 57.9 Å². The van der Waals surface area contributed by atoms with Crippen molar-refractivity contribution < 1.29 is 23.5 Å². The van der Waals surface area contributed by atoms with Crippen molar-refractivity contribution >= 4 is 40.0 Å². The second kappa shape index (κ2) is 9.14. The van der Waals surface area contributed by atoms with Gasteiger partial charge in [-0.3, -0.25) is 4.79 Å². The number of benzene rings is 2. The third-order valence-electron chi connectivity index (χ3n) is 4.12. The SMILES string of the molecule is Cc1ccc(-c2csc(NC(=O)C(N=O)Sc3ccccc3)c2C(=O)O)c(F)c1F. The second-order valence-corrected chi connectivity index (χ2v) is 8.13. The number of thiophene rings is 1. The van der Waals surface area contributed by atoms with Crippen molar-refractivity contribution in [1.29, 1.82) is 0 Å². The maximum Gasteiger partial charge on any atom is 0.339 e. The molecule has 6 nitrogen and oxygen atoms in total. The van der Waals surface area contributed by atoms with Crippen LogP contribution in [0.3, 0.4) is 0 Å². The summed E-state index contributed by atoms with van der Waals surface area (Å²) in [5.74, 6) is -4.52. The molecule has 3 rings (SSSR count). The molecule has 1 atom stereocenters. The fraction of sp³-hybridized carbons (Fsp3) is 0.100. The summed E-state index contributed by atoms with van der Waals surface area (Å²) in [7, 11) is 0. The van der Waals surface area contributed by atoms with Gasteiger partial charge >= 0.3 is 5.97 Å². The molecular formula is C20H14F2N2O4S2. The van der Waals surface area contributed by atoms with Crippen molar-refractivity contribution in [3.63, 3.8) is 0 Å². The van der Waals surface area contributed by atoms with Gasteiger partial charge in [0.1, 0.15) is 10.6 Å². The minimum absolute atomic E-state index is 0.0782. The molecule has 1 aromatic heterocycles. The second-order valence-electron chi connectivity index (χ2n) is 6.09. The van der Waals surface area contributed by atoms with Crippen LogP contribution in [0.25, 0.3) is 11.1 Å². The first-order valence-corrected chi connectivity index (χ1v) is 10.2. The molecule has 30 heavy (non-hydrogen) atoms. The molecule has 2 N–H and O–H groups in total. The summed E-state index contributed by atoms with van der Waals surface area (Å²) in [5.41, 5.74) is -0.638. The van der Waals surface area contributed by atoms with Crippen LogP contribution in [0.4, 0.5) is 13.8 Å². The quantitative estimate of drug-likeness (QED) is 0.366. The van der Waals surface area contributed by atoms with Gasteiger partial charge in [-0.15, -0.1) is 16.2 Å². The van der Waals surface area contributed by atoms with E-state index in [4.69, 9.17) is 0 Å². The first-order valence-electron chi connectivity index (χ1n) is 8.48. The number of nitroso groups, excluding NO2 is 1. The lowest BCUT2D eigenvalue weighted by Crippen LogP contribution is -2.23. The number of hydrogen-bond acceptors (Lipinski definition) is 6. The number of aromatic carboxylic acids is 1. The summed E-state index contributed by atoms with van der Waals surface area (Å²) in [5, 5.41) is 14.6. The summed E-state index contributed by atoms with van der Waals surface area (Å²) in [6.45, 7) is 1.39. The highest BCUT2D eigenvalue weighted by Crippen LogP contribution is 2.38. The van der Waals surface area contributed by atoms with Crippen LogP contribution in [-0.2, 0) is 4.79 Å². The Kier molecular flexibility index (Phi) is 6.58. The van der Waals surface area contributed by atoms with Gasteiger partial charge in [0.2, 0.25) is 5.37 Å². The van der Waals surface area contributed by atoms with Crippen molar-refractivity contribution in [2.45, 2.75) is 17.2 Å². The van der Waals surface area contributed by atoms with Gasteiger partial charge in [0.05, 0.1) is 0 Å². The fourth-order valence-corrected chi connectivity index (χ4v) is 4.38. The van der Waals surface area contributed by atoms with E-state index in [-0.39, 0.29) is 21.7 Å². The minimum atomic E-state index is -1.44. The molecule has 2 aromatic carbocycles. The zero-order valence-electron chi connectivity index (χ0n) is 15.4. The van der Waals surface area contributed by atoms with E-state index in [9.17, 15) is 28.4 Å². The smallest absolute Gasteiger partial charge is 0.339 e. The largest absolute Gasteiger partial charge is 0.478 e. The van der Waals surface area contributed by atoms with Crippen LogP contribution in [0.2, 0.25) is 0 Å². The first-order chi connectivity index (χ1) is 14.3. The van der Waals surface area contributed by atoms with Gasteiger partial charge in [0.25, 0.3) is 5.91 Å². The third-order valence-corrected chi connectivity index (χ3v) is 6.08. The Bertz CT molecular complexity index is 1120. The summed E-state index contributed by atoms with van der Waals surface area (Å²) >= 11 is 1.72. The predicted octanol–water partition coefficient (Wildman–Crippen LogP) is 5.52. The number of anilines is 1. The van der Waals surface area contributed by atoms with E-state index < -0.39 is 34.4 Å². The predicted molar refractivity (Wildman–Crippen MR) is 112 cm³/mol. The summed E-state index contributed by atoms with van der Waals surface area (Å²) in [6, 6.07) is 11.2. The van der Waals surface area contributed by atoms with Gasteiger partial charge in [0, 0.05) is 21.4 Å². The number of carbonyl (C=O) groups is 2. The van der Waals surface area contributed by atoms with Crippen molar-refractivity contribution in [2.24, 2.45) is 5.18 Å². The van der Waals surface area contributed by atoms with Crippen LogP contribution in [0.1, 0.15) is 15.9 Å². The molecule has 3 aromatic rings. The summed E-state index contributed by atoms with van der Waals surface area (Å²) in [6.07, 6.45) is 0. The molecule has 1 unspecified atom stereocenters. The van der Waals surface area contributed by atoms with Crippen LogP contribution < -0.4 is 5.32 Å². The number of thioether (sulfide) groups is 1. The topological polar surface area (TPSA) is 95.8 Å². The molecule has 0 saturated heterocycles. The average molecular weight is 448 g/mol. The van der Waals surface area contributed by atoms with Gasteiger partial charge in [-0.1, -0.05) is 42.1 Å². The lowest BCUT2D eigenvalue weighted by Gasteiger charge is -2.10. The molecule has 0 aliphatic carbocycles. The monoisotopic (exact) mass is 448 g/mol. The Labute approximate surface area is 177 Å². The third kappa shape index (κ3) is 4.39. The zero-order valence-corrected chi connectivity index (χ0v) is 17.0. The van der Waals surface area contributed by atoms with E-state index >= 15 is 0 Å². The molecule has 10 heteroatoms. The molecule has 1 amide bonds. The molecule has 154 valence electrons. The van der Waals surface area contributed by atoms with Gasteiger partial charge in [-0.2, -0.15) is 0 Å². The molecular weight excluding hydrogens is 434 g/mol. The lowest BCUT2D eigenvalue weighted by molar-refractivity contribution is -0.115. The molecule has 0 aliphatic rings. The number of carboxylic acids is 1. The van der Waals surface area contributed by atoms with Crippen LogP contribution in [-0.4, -0.2) is 22.4 Å². The highest BCUT2D eigenvalue weighted by atomic mass is 32.2. The number of hydrogen-bond donors (Lipinski definition) is 2. The number of nitrogens with zero attached hydrogens (tertiary/aromatic N) is 1. The standard InChI is InChI=1S/C20H14F2N2O4S2/c1-10-7-8-12(16(22)15(10)21)13-9-29-18(14(13)20(26)27)23-17(25)19(24-28)30-11-5-3-2-4-6-11/h2-9,19H,1H3,(H,23,25)(H,26,27). The maximum atomic E-state index is 14.4. The van der Waals surface area contributed by atoms with Gasteiger partial charge in [-0.05, 0) is 29.8 Å². The summed E-state index contributed by atoms with van der Waals surface area (Å²) < 4.78 is 28.3. The Hall–Kier alpha value is -3.11. The molecule has 0 spiro atoms. The number of amides is 1.